The number of carbonyl (C=O) groups is 1. The van der Waals surface area contributed by atoms with Gasteiger partial charge in [-0.3, -0.25) is 19.6 Å². The van der Waals surface area contributed by atoms with Gasteiger partial charge in [-0.15, -0.1) is 0 Å². The van der Waals surface area contributed by atoms with Crippen molar-refractivity contribution in [2.24, 2.45) is 5.92 Å². The second-order valence-electron chi connectivity index (χ2n) is 5.92. The Morgan fingerprint density at radius 2 is 2.35 bits per heavy atom. The molecule has 1 aliphatic heterocycles. The minimum atomic E-state index is -0.502. The normalized spacial score (nSPS) is 18.1. The molecular weight excluding hydrogens is 300 g/mol. The molecular formula is C15H18N4O4. The van der Waals surface area contributed by atoms with Crippen molar-refractivity contribution >= 4 is 11.6 Å². The van der Waals surface area contributed by atoms with Gasteiger partial charge in [0.25, 0.3) is 5.91 Å². The molecule has 8 heteroatoms. The number of aromatic nitrogens is 2. The van der Waals surface area contributed by atoms with Crippen LogP contribution in [-0.2, 0) is 6.54 Å². The molecule has 0 aliphatic carbocycles. The summed E-state index contributed by atoms with van der Waals surface area (Å²) < 4.78 is 7.00. The number of hydrogen-bond acceptors (Lipinski definition) is 5. The lowest BCUT2D eigenvalue weighted by Gasteiger charge is -2.30. The number of nitro groups is 1. The van der Waals surface area contributed by atoms with Gasteiger partial charge in [0, 0.05) is 13.1 Å². The molecule has 3 heterocycles. The van der Waals surface area contributed by atoms with Gasteiger partial charge in [0.15, 0.2) is 5.76 Å². The Hall–Kier alpha value is -2.64. The molecule has 1 fully saturated rings. The van der Waals surface area contributed by atoms with Crippen LogP contribution in [0, 0.1) is 16.0 Å². The maximum atomic E-state index is 12.4. The second-order valence-corrected chi connectivity index (χ2v) is 5.92. The van der Waals surface area contributed by atoms with Gasteiger partial charge in [0.1, 0.15) is 18.2 Å². The minimum absolute atomic E-state index is 0.0739. The van der Waals surface area contributed by atoms with Gasteiger partial charge >= 0.3 is 5.69 Å². The highest BCUT2D eigenvalue weighted by Crippen LogP contribution is 2.19. The van der Waals surface area contributed by atoms with Crippen LogP contribution in [0.5, 0.6) is 0 Å². The van der Waals surface area contributed by atoms with Crippen molar-refractivity contribution in [3.63, 3.8) is 0 Å². The molecule has 3 rings (SSSR count). The molecule has 122 valence electrons. The van der Waals surface area contributed by atoms with E-state index in [1.165, 1.54) is 17.1 Å². The number of rotatable bonds is 4. The number of nitrogens with zero attached hydrogens (tertiary/aromatic N) is 4. The van der Waals surface area contributed by atoms with Crippen molar-refractivity contribution in [1.82, 2.24) is 14.7 Å². The summed E-state index contributed by atoms with van der Waals surface area (Å²) in [5, 5.41) is 14.5. The molecule has 0 saturated carbocycles. The Morgan fingerprint density at radius 1 is 1.52 bits per heavy atom. The molecule has 0 bridgehead atoms. The summed E-state index contributed by atoms with van der Waals surface area (Å²) >= 11 is 0. The summed E-state index contributed by atoms with van der Waals surface area (Å²) in [4.78, 5) is 24.4. The van der Waals surface area contributed by atoms with E-state index in [1.807, 2.05) is 4.90 Å². The van der Waals surface area contributed by atoms with E-state index in [1.54, 1.807) is 12.1 Å². The third-order valence-electron chi connectivity index (χ3n) is 3.96. The number of piperidine rings is 1. The fourth-order valence-electron chi connectivity index (χ4n) is 2.80. The SMILES string of the molecule is C[C@@H]1CCCN(C(=O)c2ccc(Cn3cc([N+](=O)[O-])cn3)o2)C1. The number of hydrogen-bond donors (Lipinski definition) is 0. The summed E-state index contributed by atoms with van der Waals surface area (Å²) in [5.74, 6) is 1.24. The van der Waals surface area contributed by atoms with E-state index >= 15 is 0 Å². The number of carbonyl (C=O) groups excluding carboxylic acids is 1. The predicted molar refractivity (Wildman–Crippen MR) is 81.0 cm³/mol. The van der Waals surface area contributed by atoms with Crippen molar-refractivity contribution in [2.75, 3.05) is 13.1 Å². The fourth-order valence-corrected chi connectivity index (χ4v) is 2.80. The lowest BCUT2D eigenvalue weighted by molar-refractivity contribution is -0.385. The van der Waals surface area contributed by atoms with E-state index < -0.39 is 4.92 Å². The number of likely N-dealkylation sites (tertiary alicyclic amines) is 1. The molecule has 0 N–H and O–H groups in total. The predicted octanol–water partition coefficient (Wildman–Crippen LogP) is 2.30. The maximum Gasteiger partial charge on any atom is 0.307 e. The average Bonchev–Trinajstić information content (AvgIpc) is 3.16. The van der Waals surface area contributed by atoms with Crippen LogP contribution in [0.2, 0.25) is 0 Å². The number of amides is 1. The summed E-state index contributed by atoms with van der Waals surface area (Å²) in [6.07, 6.45) is 4.67. The smallest absolute Gasteiger partial charge is 0.307 e. The molecule has 1 atom stereocenters. The molecule has 0 radical (unpaired) electrons. The lowest BCUT2D eigenvalue weighted by Crippen LogP contribution is -2.38. The monoisotopic (exact) mass is 318 g/mol. The van der Waals surface area contributed by atoms with Crippen molar-refractivity contribution in [3.8, 4) is 0 Å². The highest BCUT2D eigenvalue weighted by atomic mass is 16.6. The molecule has 1 aliphatic rings. The quantitative estimate of drug-likeness (QED) is 0.637. The highest BCUT2D eigenvalue weighted by Gasteiger charge is 2.24. The van der Waals surface area contributed by atoms with Crippen LogP contribution < -0.4 is 0 Å². The van der Waals surface area contributed by atoms with Gasteiger partial charge in [-0.2, -0.15) is 5.10 Å². The zero-order valence-corrected chi connectivity index (χ0v) is 12.8. The van der Waals surface area contributed by atoms with Gasteiger partial charge in [-0.25, -0.2) is 0 Å². The van der Waals surface area contributed by atoms with Crippen LogP contribution in [0.4, 0.5) is 5.69 Å². The van der Waals surface area contributed by atoms with E-state index in [2.05, 4.69) is 12.0 Å². The van der Waals surface area contributed by atoms with Gasteiger partial charge in [0.05, 0.1) is 11.5 Å². The van der Waals surface area contributed by atoms with Crippen LogP contribution >= 0.6 is 0 Å². The van der Waals surface area contributed by atoms with Gasteiger partial charge in [-0.05, 0) is 30.9 Å². The van der Waals surface area contributed by atoms with Crippen molar-refractivity contribution in [1.29, 1.82) is 0 Å². The molecule has 0 unspecified atom stereocenters. The summed E-state index contributed by atoms with van der Waals surface area (Å²) in [7, 11) is 0. The van der Waals surface area contributed by atoms with Gasteiger partial charge in [0.2, 0.25) is 0 Å². The standard InChI is InChI=1S/C15H18N4O4/c1-11-3-2-6-17(8-11)15(20)14-5-4-13(23-14)10-18-9-12(7-16-18)19(21)22/h4-5,7,9,11H,2-3,6,8,10H2,1H3/t11-/m1/s1. The second kappa shape index (κ2) is 6.23. The first-order valence-electron chi connectivity index (χ1n) is 7.58. The highest BCUT2D eigenvalue weighted by molar-refractivity contribution is 5.91. The first-order chi connectivity index (χ1) is 11.0. The van der Waals surface area contributed by atoms with Crippen LogP contribution in [0.1, 0.15) is 36.1 Å². The van der Waals surface area contributed by atoms with Crippen LogP contribution in [-0.4, -0.2) is 38.6 Å². The van der Waals surface area contributed by atoms with Crippen LogP contribution in [0.25, 0.3) is 0 Å². The van der Waals surface area contributed by atoms with E-state index in [9.17, 15) is 14.9 Å². The van der Waals surface area contributed by atoms with Crippen molar-refractivity contribution < 1.29 is 14.1 Å². The molecule has 8 nitrogen and oxygen atoms in total. The fraction of sp³-hybridized carbons (Fsp3) is 0.467. The first kappa shape index (κ1) is 15.3. The Morgan fingerprint density at radius 3 is 3.04 bits per heavy atom. The zero-order chi connectivity index (χ0) is 16.4. The van der Waals surface area contributed by atoms with Gasteiger partial charge in [-0.1, -0.05) is 6.92 Å². The Kier molecular flexibility index (Phi) is 4.14. The van der Waals surface area contributed by atoms with E-state index in [0.717, 1.165) is 25.9 Å². The van der Waals surface area contributed by atoms with Crippen LogP contribution in [0.15, 0.2) is 28.9 Å². The number of furan rings is 1. The molecule has 0 spiro atoms. The lowest BCUT2D eigenvalue weighted by atomic mass is 10.0. The molecule has 0 aromatic carbocycles. The van der Waals surface area contributed by atoms with Crippen molar-refractivity contribution in [3.05, 3.63) is 46.2 Å². The summed E-state index contributed by atoms with van der Waals surface area (Å²) in [6, 6.07) is 3.35. The molecule has 1 amide bonds. The van der Waals surface area contributed by atoms with E-state index in [-0.39, 0.29) is 18.1 Å². The Bertz CT molecular complexity index is 721. The van der Waals surface area contributed by atoms with E-state index in [4.69, 9.17) is 4.42 Å². The summed E-state index contributed by atoms with van der Waals surface area (Å²) in [5.41, 5.74) is -0.0739. The maximum absolute atomic E-state index is 12.4. The summed E-state index contributed by atoms with van der Waals surface area (Å²) in [6.45, 7) is 3.89. The Labute approximate surface area is 132 Å². The van der Waals surface area contributed by atoms with Gasteiger partial charge < -0.3 is 9.32 Å². The zero-order valence-electron chi connectivity index (χ0n) is 12.8. The molecule has 2 aromatic heterocycles. The Balaban J connectivity index is 1.67. The van der Waals surface area contributed by atoms with Crippen LogP contribution in [0.3, 0.4) is 0 Å². The molecule has 23 heavy (non-hydrogen) atoms. The van der Waals surface area contributed by atoms with E-state index in [0.29, 0.717) is 17.4 Å². The van der Waals surface area contributed by atoms with Crippen molar-refractivity contribution in [2.45, 2.75) is 26.3 Å². The third-order valence-corrected chi connectivity index (χ3v) is 3.96. The average molecular weight is 318 g/mol. The topological polar surface area (TPSA) is 94.4 Å². The molecule has 1 saturated heterocycles. The molecule has 2 aromatic rings. The third kappa shape index (κ3) is 3.41. The largest absolute Gasteiger partial charge is 0.454 e. The first-order valence-corrected chi connectivity index (χ1v) is 7.58. The minimum Gasteiger partial charge on any atom is -0.454 e.